The van der Waals surface area contributed by atoms with Gasteiger partial charge in [-0.1, -0.05) is 18.2 Å². The smallest absolute Gasteiger partial charge is 0.191 e. The molecule has 0 saturated heterocycles. The summed E-state index contributed by atoms with van der Waals surface area (Å²) in [4.78, 5) is 8.43. The Hall–Kier alpha value is -2.43. The first-order chi connectivity index (χ1) is 12.3. The first-order valence-electron chi connectivity index (χ1n) is 8.22. The van der Waals surface area contributed by atoms with E-state index in [9.17, 15) is 0 Å². The van der Waals surface area contributed by atoms with Gasteiger partial charge in [0, 0.05) is 44.6 Å². The molecule has 1 aromatic carbocycles. The van der Waals surface area contributed by atoms with E-state index in [1.807, 2.05) is 29.1 Å². The van der Waals surface area contributed by atoms with Crippen molar-refractivity contribution in [3.8, 4) is 11.4 Å². The molecule has 0 bridgehead atoms. The predicted molar refractivity (Wildman–Crippen MR) is 112 cm³/mol. The molecule has 0 unspecified atom stereocenters. The molecule has 0 radical (unpaired) electrons. The molecule has 8 nitrogen and oxygen atoms in total. The monoisotopic (exact) mass is 466 g/mol. The summed E-state index contributed by atoms with van der Waals surface area (Å²) >= 11 is 0. The second-order valence-electron chi connectivity index (χ2n) is 5.51. The Morgan fingerprint density at radius 3 is 2.92 bits per heavy atom. The average molecular weight is 466 g/mol. The van der Waals surface area contributed by atoms with Crippen molar-refractivity contribution in [2.45, 2.75) is 19.5 Å². The summed E-state index contributed by atoms with van der Waals surface area (Å²) in [6.07, 6.45) is 6.24. The quantitative estimate of drug-likeness (QED) is 0.215. The van der Waals surface area contributed by atoms with Gasteiger partial charge in [0.05, 0.1) is 0 Å². The van der Waals surface area contributed by atoms with Crippen molar-refractivity contribution in [2.75, 3.05) is 13.6 Å². The molecule has 0 saturated carbocycles. The van der Waals surface area contributed by atoms with E-state index >= 15 is 0 Å². The number of halogens is 1. The van der Waals surface area contributed by atoms with E-state index in [0.29, 0.717) is 6.54 Å². The Morgan fingerprint density at radius 1 is 1.27 bits per heavy atom. The minimum Gasteiger partial charge on any atom is -0.356 e. The van der Waals surface area contributed by atoms with Crippen molar-refractivity contribution >= 4 is 29.9 Å². The number of benzene rings is 1. The summed E-state index contributed by atoms with van der Waals surface area (Å²) in [5, 5.41) is 17.6. The molecule has 3 aromatic rings. The Balaban J connectivity index is 0.00000243. The maximum atomic E-state index is 4.25. The molecular formula is C17H23IN8. The van der Waals surface area contributed by atoms with E-state index in [-0.39, 0.29) is 24.0 Å². The van der Waals surface area contributed by atoms with Gasteiger partial charge in [-0.25, -0.2) is 4.98 Å². The number of guanidine groups is 1. The Labute approximate surface area is 169 Å². The van der Waals surface area contributed by atoms with Gasteiger partial charge < -0.3 is 10.6 Å². The molecule has 0 aliphatic rings. The molecule has 138 valence electrons. The van der Waals surface area contributed by atoms with Crippen molar-refractivity contribution in [1.82, 2.24) is 35.6 Å². The van der Waals surface area contributed by atoms with Crippen LogP contribution >= 0.6 is 24.0 Å². The van der Waals surface area contributed by atoms with Crippen LogP contribution in [-0.2, 0) is 13.1 Å². The van der Waals surface area contributed by atoms with Crippen LogP contribution < -0.4 is 10.6 Å². The number of rotatable bonds is 7. The summed E-state index contributed by atoms with van der Waals surface area (Å²) in [5.74, 6) is 1.55. The third-order valence-corrected chi connectivity index (χ3v) is 3.71. The third-order valence-electron chi connectivity index (χ3n) is 3.71. The number of nitrogens with zero attached hydrogens (tertiary/aromatic N) is 5. The zero-order valence-electron chi connectivity index (χ0n) is 14.6. The number of H-pyrrole nitrogens is 1. The topological polar surface area (TPSA) is 95.8 Å². The third kappa shape index (κ3) is 5.83. The van der Waals surface area contributed by atoms with Crippen LogP contribution in [0.1, 0.15) is 12.0 Å². The molecule has 2 heterocycles. The van der Waals surface area contributed by atoms with E-state index in [0.717, 1.165) is 42.4 Å². The molecule has 3 rings (SSSR count). The van der Waals surface area contributed by atoms with Crippen LogP contribution in [0.3, 0.4) is 0 Å². The molecule has 0 fully saturated rings. The predicted octanol–water partition coefficient (Wildman–Crippen LogP) is 2.04. The minimum absolute atomic E-state index is 0. The molecular weight excluding hydrogens is 443 g/mol. The van der Waals surface area contributed by atoms with Gasteiger partial charge in [0.15, 0.2) is 11.8 Å². The van der Waals surface area contributed by atoms with Gasteiger partial charge in [-0.3, -0.25) is 14.8 Å². The first-order valence-corrected chi connectivity index (χ1v) is 8.22. The van der Waals surface area contributed by atoms with Crippen LogP contribution in [0.25, 0.3) is 11.4 Å². The Kier molecular flexibility index (Phi) is 8.06. The normalized spacial score (nSPS) is 11.0. The maximum absolute atomic E-state index is 4.25. The van der Waals surface area contributed by atoms with E-state index in [2.05, 4.69) is 48.0 Å². The van der Waals surface area contributed by atoms with Crippen molar-refractivity contribution in [3.05, 3.63) is 54.6 Å². The average Bonchev–Trinajstić information content (AvgIpc) is 3.35. The van der Waals surface area contributed by atoms with E-state index in [1.165, 1.54) is 6.33 Å². The van der Waals surface area contributed by atoms with Crippen LogP contribution in [0.15, 0.2) is 54.0 Å². The molecule has 0 amide bonds. The zero-order chi connectivity index (χ0) is 17.3. The molecule has 3 N–H and O–H groups in total. The molecule has 26 heavy (non-hydrogen) atoms. The molecule has 0 aliphatic carbocycles. The van der Waals surface area contributed by atoms with Gasteiger partial charge in [0.25, 0.3) is 0 Å². The van der Waals surface area contributed by atoms with Gasteiger partial charge in [-0.15, -0.1) is 24.0 Å². The van der Waals surface area contributed by atoms with Crippen molar-refractivity contribution < 1.29 is 0 Å². The van der Waals surface area contributed by atoms with Crippen LogP contribution in [0.5, 0.6) is 0 Å². The van der Waals surface area contributed by atoms with E-state index < -0.39 is 0 Å². The van der Waals surface area contributed by atoms with Crippen LogP contribution in [-0.4, -0.2) is 44.5 Å². The maximum Gasteiger partial charge on any atom is 0.191 e. The second-order valence-corrected chi connectivity index (χ2v) is 5.51. The van der Waals surface area contributed by atoms with Crippen molar-refractivity contribution in [3.63, 3.8) is 0 Å². The van der Waals surface area contributed by atoms with E-state index in [4.69, 9.17) is 0 Å². The van der Waals surface area contributed by atoms with E-state index in [1.54, 1.807) is 13.2 Å². The molecule has 0 spiro atoms. The molecule has 2 aromatic heterocycles. The number of aromatic nitrogens is 5. The van der Waals surface area contributed by atoms with Crippen LogP contribution in [0, 0.1) is 0 Å². The fraction of sp³-hybridized carbons (Fsp3) is 0.294. The number of nitrogens with one attached hydrogen (secondary N) is 3. The van der Waals surface area contributed by atoms with Crippen molar-refractivity contribution in [2.24, 2.45) is 4.99 Å². The van der Waals surface area contributed by atoms with Crippen LogP contribution in [0.2, 0.25) is 0 Å². The lowest BCUT2D eigenvalue weighted by Gasteiger charge is -2.12. The number of aryl methyl sites for hydroxylation is 1. The lowest BCUT2D eigenvalue weighted by Crippen LogP contribution is -2.37. The summed E-state index contributed by atoms with van der Waals surface area (Å²) in [7, 11) is 1.77. The van der Waals surface area contributed by atoms with Gasteiger partial charge in [-0.05, 0) is 24.1 Å². The standard InChI is InChI=1S/C17H22N8.HI/c1-18-17(19-7-3-9-25-10-4-8-23-25)20-12-14-5-2-6-15(11-14)16-21-13-22-24-16;/h2,4-6,8,10-11,13H,3,7,9,12H2,1H3,(H2,18,19,20)(H,21,22,24);1H. The summed E-state index contributed by atoms with van der Waals surface area (Å²) in [5.41, 5.74) is 2.16. The molecule has 0 aliphatic heterocycles. The van der Waals surface area contributed by atoms with Crippen molar-refractivity contribution in [1.29, 1.82) is 0 Å². The second kappa shape index (κ2) is 10.5. The summed E-state index contributed by atoms with van der Waals surface area (Å²) < 4.78 is 1.92. The fourth-order valence-corrected chi connectivity index (χ4v) is 2.46. The highest BCUT2D eigenvalue weighted by Gasteiger charge is 2.03. The van der Waals surface area contributed by atoms with Crippen LogP contribution in [0.4, 0.5) is 0 Å². The number of hydrogen-bond donors (Lipinski definition) is 3. The summed E-state index contributed by atoms with van der Waals surface area (Å²) in [6, 6.07) is 10.1. The number of hydrogen-bond acceptors (Lipinski definition) is 4. The summed E-state index contributed by atoms with van der Waals surface area (Å²) in [6.45, 7) is 2.40. The highest BCUT2D eigenvalue weighted by molar-refractivity contribution is 14.0. The SMILES string of the molecule is CN=C(NCCCn1cccn1)NCc1cccc(-c2ncn[nH]2)c1.I. The fourth-order valence-electron chi connectivity index (χ4n) is 2.46. The lowest BCUT2D eigenvalue weighted by molar-refractivity contribution is 0.570. The molecule has 0 atom stereocenters. The Morgan fingerprint density at radius 2 is 2.19 bits per heavy atom. The number of aliphatic imine (C=N–C) groups is 1. The van der Waals surface area contributed by atoms with Gasteiger partial charge in [0.2, 0.25) is 0 Å². The first kappa shape index (κ1) is 19.9. The minimum atomic E-state index is 0. The van der Waals surface area contributed by atoms with Gasteiger partial charge >= 0.3 is 0 Å². The highest BCUT2D eigenvalue weighted by atomic mass is 127. The van der Waals surface area contributed by atoms with Gasteiger partial charge in [-0.2, -0.15) is 10.2 Å². The highest BCUT2D eigenvalue weighted by Crippen LogP contribution is 2.15. The number of aromatic amines is 1. The molecule has 9 heteroatoms. The lowest BCUT2D eigenvalue weighted by atomic mass is 10.1. The Bertz CT molecular complexity index is 783. The largest absolute Gasteiger partial charge is 0.356 e. The zero-order valence-corrected chi connectivity index (χ0v) is 16.9. The van der Waals surface area contributed by atoms with Gasteiger partial charge in [0.1, 0.15) is 6.33 Å².